The van der Waals surface area contributed by atoms with Gasteiger partial charge in [0.1, 0.15) is 5.82 Å². The predicted octanol–water partition coefficient (Wildman–Crippen LogP) is 3.96. The van der Waals surface area contributed by atoms with Crippen LogP contribution in [0.2, 0.25) is 0 Å². The first-order chi connectivity index (χ1) is 13.2. The van der Waals surface area contributed by atoms with Crippen LogP contribution in [0.1, 0.15) is 42.5 Å². The molecule has 3 rings (SSSR count). The highest BCUT2D eigenvalue weighted by Crippen LogP contribution is 2.29. The summed E-state index contributed by atoms with van der Waals surface area (Å²) >= 11 is 1.57. The van der Waals surface area contributed by atoms with E-state index in [9.17, 15) is 18.0 Å². The molecule has 0 bridgehead atoms. The van der Waals surface area contributed by atoms with Gasteiger partial charge in [0, 0.05) is 43.7 Å². The van der Waals surface area contributed by atoms with Gasteiger partial charge in [0.2, 0.25) is 5.91 Å². The van der Waals surface area contributed by atoms with Gasteiger partial charge in [0.15, 0.2) is 0 Å². The lowest BCUT2D eigenvalue weighted by molar-refractivity contribution is -0.137. The number of amides is 1. The Morgan fingerprint density at radius 1 is 1.21 bits per heavy atom. The first-order valence-electron chi connectivity index (χ1n) is 9.24. The van der Waals surface area contributed by atoms with E-state index in [1.54, 1.807) is 16.2 Å². The number of pyridine rings is 1. The Morgan fingerprint density at radius 3 is 2.61 bits per heavy atom. The van der Waals surface area contributed by atoms with Crippen molar-refractivity contribution in [3.8, 4) is 0 Å². The number of anilines is 1. The van der Waals surface area contributed by atoms with Crippen molar-refractivity contribution < 1.29 is 18.0 Å². The molecule has 3 heterocycles. The van der Waals surface area contributed by atoms with Crippen LogP contribution in [-0.2, 0) is 17.4 Å². The minimum atomic E-state index is -4.39. The van der Waals surface area contributed by atoms with Gasteiger partial charge in [-0.05, 0) is 18.6 Å². The van der Waals surface area contributed by atoms with Crippen LogP contribution in [0.15, 0.2) is 23.7 Å². The highest BCUT2D eigenvalue weighted by atomic mass is 32.1. The molecule has 0 radical (unpaired) electrons. The van der Waals surface area contributed by atoms with Crippen molar-refractivity contribution in [1.29, 1.82) is 0 Å². The summed E-state index contributed by atoms with van der Waals surface area (Å²) in [4.78, 5) is 24.8. The molecule has 0 aliphatic carbocycles. The van der Waals surface area contributed by atoms with Crippen molar-refractivity contribution in [3.63, 3.8) is 0 Å². The second-order valence-electron chi connectivity index (χ2n) is 7.13. The van der Waals surface area contributed by atoms with Crippen LogP contribution >= 0.6 is 11.3 Å². The number of alkyl halides is 3. The minimum absolute atomic E-state index is 0.0304. The number of hydrogen-bond acceptors (Lipinski definition) is 5. The summed E-state index contributed by atoms with van der Waals surface area (Å²) < 4.78 is 38.1. The van der Waals surface area contributed by atoms with E-state index in [2.05, 4.69) is 23.8 Å². The molecule has 152 valence electrons. The number of nitrogens with zero attached hydrogens (tertiary/aromatic N) is 4. The molecule has 1 amide bonds. The molecule has 1 aliphatic heterocycles. The zero-order valence-electron chi connectivity index (χ0n) is 15.9. The Balaban J connectivity index is 1.58. The predicted molar refractivity (Wildman–Crippen MR) is 103 cm³/mol. The molecule has 1 fully saturated rings. The molecule has 9 heteroatoms. The summed E-state index contributed by atoms with van der Waals surface area (Å²) in [6.45, 7) is 6.47. The van der Waals surface area contributed by atoms with Crippen molar-refractivity contribution in [1.82, 2.24) is 14.9 Å². The highest BCUT2D eigenvalue weighted by molar-refractivity contribution is 7.09. The van der Waals surface area contributed by atoms with Gasteiger partial charge in [-0.1, -0.05) is 13.8 Å². The first-order valence-corrected chi connectivity index (χ1v) is 10.1. The van der Waals surface area contributed by atoms with Gasteiger partial charge in [-0.2, -0.15) is 13.2 Å². The van der Waals surface area contributed by atoms with E-state index in [4.69, 9.17) is 0 Å². The van der Waals surface area contributed by atoms with E-state index in [1.807, 2.05) is 10.3 Å². The number of carbonyl (C=O) groups excluding carboxylic acids is 1. The molecule has 28 heavy (non-hydrogen) atoms. The van der Waals surface area contributed by atoms with E-state index in [-0.39, 0.29) is 12.3 Å². The Bertz CT molecular complexity index is 804. The average Bonchev–Trinajstić information content (AvgIpc) is 2.97. The Kier molecular flexibility index (Phi) is 6.22. The van der Waals surface area contributed by atoms with Crippen molar-refractivity contribution in [2.45, 2.75) is 38.8 Å². The lowest BCUT2D eigenvalue weighted by atomic mass is 10.2. The average molecular weight is 412 g/mol. The Hall–Kier alpha value is -2.16. The van der Waals surface area contributed by atoms with E-state index in [1.165, 1.54) is 6.07 Å². The normalized spacial score (nSPS) is 15.8. The summed E-state index contributed by atoms with van der Waals surface area (Å²) in [5, 5.41) is 2.96. The standard InChI is InChI=1S/C19H23F3N4OS/c1-13(2)18-24-15(12-28-18)10-17(27)26-7-3-6-25(8-9-26)16-5-4-14(11-23-16)19(20,21)22/h4-5,11-13H,3,6-10H2,1-2H3. The minimum Gasteiger partial charge on any atom is -0.355 e. The maximum absolute atomic E-state index is 12.7. The molecule has 5 nitrogen and oxygen atoms in total. The topological polar surface area (TPSA) is 49.3 Å². The molecule has 0 unspecified atom stereocenters. The summed E-state index contributed by atoms with van der Waals surface area (Å²) in [5.41, 5.74) is 0.0381. The maximum atomic E-state index is 12.7. The van der Waals surface area contributed by atoms with Crippen LogP contribution in [0, 0.1) is 0 Å². The van der Waals surface area contributed by atoms with Crippen molar-refractivity contribution in [3.05, 3.63) is 40.0 Å². The molecule has 2 aromatic heterocycles. The van der Waals surface area contributed by atoms with E-state index in [0.717, 1.165) is 29.4 Å². The van der Waals surface area contributed by atoms with Gasteiger partial charge in [-0.3, -0.25) is 4.79 Å². The maximum Gasteiger partial charge on any atom is 0.417 e. The third-order valence-electron chi connectivity index (χ3n) is 4.64. The number of thiazole rings is 1. The largest absolute Gasteiger partial charge is 0.417 e. The van der Waals surface area contributed by atoms with Gasteiger partial charge >= 0.3 is 6.18 Å². The van der Waals surface area contributed by atoms with Gasteiger partial charge in [-0.15, -0.1) is 11.3 Å². The monoisotopic (exact) mass is 412 g/mol. The number of halogens is 3. The van der Waals surface area contributed by atoms with Gasteiger partial charge in [0.05, 0.1) is 22.7 Å². The van der Waals surface area contributed by atoms with E-state index in [0.29, 0.717) is 37.9 Å². The van der Waals surface area contributed by atoms with Crippen LogP contribution in [-0.4, -0.2) is 47.0 Å². The number of carbonyl (C=O) groups is 1. The van der Waals surface area contributed by atoms with Crippen molar-refractivity contribution >= 4 is 23.1 Å². The third kappa shape index (κ3) is 5.01. The fourth-order valence-corrected chi connectivity index (χ4v) is 3.91. The van der Waals surface area contributed by atoms with Crippen LogP contribution in [0.3, 0.4) is 0 Å². The van der Waals surface area contributed by atoms with Gasteiger partial charge in [0.25, 0.3) is 0 Å². The van der Waals surface area contributed by atoms with Crippen LogP contribution in [0.5, 0.6) is 0 Å². The van der Waals surface area contributed by atoms with Crippen LogP contribution in [0.25, 0.3) is 0 Å². The van der Waals surface area contributed by atoms with Crippen LogP contribution < -0.4 is 4.90 Å². The molecule has 0 atom stereocenters. The second-order valence-corrected chi connectivity index (χ2v) is 8.02. The van der Waals surface area contributed by atoms with E-state index >= 15 is 0 Å². The van der Waals surface area contributed by atoms with Crippen molar-refractivity contribution in [2.24, 2.45) is 0 Å². The van der Waals surface area contributed by atoms with Crippen LogP contribution in [0.4, 0.5) is 19.0 Å². The van der Waals surface area contributed by atoms with Crippen molar-refractivity contribution in [2.75, 3.05) is 31.1 Å². The van der Waals surface area contributed by atoms with E-state index < -0.39 is 11.7 Å². The molecule has 0 N–H and O–H groups in total. The molecule has 0 spiro atoms. The Morgan fingerprint density at radius 2 is 2.00 bits per heavy atom. The first kappa shape index (κ1) is 20.6. The number of rotatable bonds is 4. The molecule has 0 aromatic carbocycles. The SMILES string of the molecule is CC(C)c1nc(CC(=O)N2CCCN(c3ccc(C(F)(F)F)cn3)CC2)cs1. The van der Waals surface area contributed by atoms with Gasteiger partial charge < -0.3 is 9.80 Å². The molecule has 2 aromatic rings. The summed E-state index contributed by atoms with van der Waals surface area (Å²) in [7, 11) is 0. The molecule has 1 saturated heterocycles. The molecule has 1 aliphatic rings. The third-order valence-corrected chi connectivity index (χ3v) is 5.84. The number of hydrogen-bond donors (Lipinski definition) is 0. The van der Waals surface area contributed by atoms with Gasteiger partial charge in [-0.25, -0.2) is 9.97 Å². The number of aromatic nitrogens is 2. The summed E-state index contributed by atoms with van der Waals surface area (Å²) in [6, 6.07) is 2.44. The molecular formula is C19H23F3N4OS. The summed E-state index contributed by atoms with van der Waals surface area (Å²) in [6.07, 6.45) is -2.51. The smallest absolute Gasteiger partial charge is 0.355 e. The summed E-state index contributed by atoms with van der Waals surface area (Å²) in [5.74, 6) is 0.878. The Labute approximate surface area is 166 Å². The second kappa shape index (κ2) is 8.46. The highest BCUT2D eigenvalue weighted by Gasteiger charge is 2.31. The zero-order chi connectivity index (χ0) is 20.3. The fourth-order valence-electron chi connectivity index (χ4n) is 3.07. The molecule has 0 saturated carbocycles. The zero-order valence-corrected chi connectivity index (χ0v) is 16.7. The fraction of sp³-hybridized carbons (Fsp3) is 0.526. The molecular weight excluding hydrogens is 389 g/mol. The lowest BCUT2D eigenvalue weighted by Crippen LogP contribution is -2.36. The lowest BCUT2D eigenvalue weighted by Gasteiger charge is -2.23. The quantitative estimate of drug-likeness (QED) is 0.763.